The lowest BCUT2D eigenvalue weighted by molar-refractivity contribution is -0.138. The van der Waals surface area contributed by atoms with Crippen LogP contribution < -0.4 is 0 Å². The Labute approximate surface area is 101 Å². The fourth-order valence-electron chi connectivity index (χ4n) is 2.06. The summed E-state index contributed by atoms with van der Waals surface area (Å²) in [7, 11) is 1.28. The topological polar surface area (TPSA) is 37.4 Å². The minimum Gasteiger partial charge on any atom is -0.285 e. The zero-order chi connectivity index (χ0) is 13.5. The molecule has 3 nitrogen and oxygen atoms in total. The number of carbonyl (C=O) groups is 2. The zero-order valence-electron chi connectivity index (χ0n) is 9.49. The largest absolute Gasteiger partial charge is 0.416 e. The lowest BCUT2D eigenvalue weighted by Gasteiger charge is -2.16. The summed E-state index contributed by atoms with van der Waals surface area (Å²) in [5, 5.41) is 0. The lowest BCUT2D eigenvalue weighted by Crippen LogP contribution is -2.25. The molecular weight excluding hydrogens is 247 g/mol. The Kier molecular flexibility index (Phi) is 2.88. The van der Waals surface area contributed by atoms with E-state index < -0.39 is 29.5 Å². The second-order valence-electron chi connectivity index (χ2n) is 4.13. The predicted octanol–water partition coefficient (Wildman–Crippen LogP) is 2.18. The number of amides is 2. The predicted molar refractivity (Wildman–Crippen MR) is 56.6 cm³/mol. The van der Waals surface area contributed by atoms with Crippen LogP contribution in [0.2, 0.25) is 0 Å². The van der Waals surface area contributed by atoms with Crippen molar-refractivity contribution >= 4 is 11.8 Å². The Morgan fingerprint density at radius 1 is 1.22 bits per heavy atom. The van der Waals surface area contributed by atoms with Gasteiger partial charge in [-0.3, -0.25) is 14.5 Å². The molecule has 18 heavy (non-hydrogen) atoms. The van der Waals surface area contributed by atoms with Crippen molar-refractivity contribution in [3.05, 3.63) is 35.4 Å². The van der Waals surface area contributed by atoms with Gasteiger partial charge in [0.25, 0.3) is 0 Å². The number of rotatable bonds is 1. The van der Waals surface area contributed by atoms with Crippen molar-refractivity contribution in [2.24, 2.45) is 0 Å². The van der Waals surface area contributed by atoms with Gasteiger partial charge in [-0.15, -0.1) is 0 Å². The van der Waals surface area contributed by atoms with Gasteiger partial charge in [-0.1, -0.05) is 18.2 Å². The number of alkyl halides is 3. The van der Waals surface area contributed by atoms with E-state index in [0.29, 0.717) is 0 Å². The standard InChI is InChI=1S/C12H10F3NO2/c1-16-10(17)6-8(11(16)18)7-4-2-3-5-9(7)12(13,14)15/h2-5,8H,6H2,1H3. The van der Waals surface area contributed by atoms with Crippen LogP contribution in [0.15, 0.2) is 24.3 Å². The van der Waals surface area contributed by atoms with E-state index in [0.717, 1.165) is 11.0 Å². The van der Waals surface area contributed by atoms with Gasteiger partial charge in [0.15, 0.2) is 0 Å². The number of imide groups is 1. The molecule has 1 heterocycles. The van der Waals surface area contributed by atoms with Crippen LogP contribution in [0.4, 0.5) is 13.2 Å². The highest BCUT2D eigenvalue weighted by molar-refractivity contribution is 6.06. The van der Waals surface area contributed by atoms with E-state index in [9.17, 15) is 22.8 Å². The van der Waals surface area contributed by atoms with Crippen molar-refractivity contribution in [1.82, 2.24) is 4.90 Å². The summed E-state index contributed by atoms with van der Waals surface area (Å²) in [4.78, 5) is 24.0. The number of hydrogen-bond donors (Lipinski definition) is 0. The molecule has 1 aliphatic rings. The number of carbonyl (C=O) groups excluding carboxylic acids is 2. The van der Waals surface area contributed by atoms with E-state index in [1.807, 2.05) is 0 Å². The van der Waals surface area contributed by atoms with Crippen LogP contribution in [0.1, 0.15) is 23.5 Å². The zero-order valence-corrected chi connectivity index (χ0v) is 9.49. The summed E-state index contributed by atoms with van der Waals surface area (Å²) in [5.41, 5.74) is -0.987. The second-order valence-corrected chi connectivity index (χ2v) is 4.13. The van der Waals surface area contributed by atoms with E-state index in [2.05, 4.69) is 0 Å². The van der Waals surface area contributed by atoms with Crippen LogP contribution in [-0.2, 0) is 15.8 Å². The molecule has 1 fully saturated rings. The molecule has 96 valence electrons. The molecule has 1 saturated heterocycles. The van der Waals surface area contributed by atoms with Crippen molar-refractivity contribution in [1.29, 1.82) is 0 Å². The molecular formula is C12H10F3NO2. The van der Waals surface area contributed by atoms with Crippen molar-refractivity contribution in [3.63, 3.8) is 0 Å². The Balaban J connectivity index is 2.47. The summed E-state index contributed by atoms with van der Waals surface area (Å²) in [6, 6.07) is 4.86. The third kappa shape index (κ3) is 1.98. The molecule has 1 aromatic rings. The molecule has 0 bridgehead atoms. The van der Waals surface area contributed by atoms with Crippen molar-refractivity contribution < 1.29 is 22.8 Å². The number of benzene rings is 1. The summed E-state index contributed by atoms with van der Waals surface area (Å²) >= 11 is 0. The summed E-state index contributed by atoms with van der Waals surface area (Å²) in [5.74, 6) is -2.07. The Morgan fingerprint density at radius 2 is 1.83 bits per heavy atom. The highest BCUT2D eigenvalue weighted by Gasteiger charge is 2.42. The van der Waals surface area contributed by atoms with Crippen LogP contribution in [0.3, 0.4) is 0 Å². The number of nitrogens with zero attached hydrogens (tertiary/aromatic N) is 1. The van der Waals surface area contributed by atoms with Crippen molar-refractivity contribution in [2.75, 3.05) is 7.05 Å². The van der Waals surface area contributed by atoms with Gasteiger partial charge in [0.2, 0.25) is 11.8 Å². The first-order valence-electron chi connectivity index (χ1n) is 5.29. The van der Waals surface area contributed by atoms with Gasteiger partial charge in [-0.25, -0.2) is 0 Å². The summed E-state index contributed by atoms with van der Waals surface area (Å²) in [6.07, 6.45) is -4.73. The molecule has 0 aromatic heterocycles. The van der Waals surface area contributed by atoms with Crippen LogP contribution >= 0.6 is 0 Å². The maximum Gasteiger partial charge on any atom is 0.416 e. The normalized spacial score (nSPS) is 20.7. The maximum absolute atomic E-state index is 12.8. The van der Waals surface area contributed by atoms with Crippen LogP contribution in [0.5, 0.6) is 0 Å². The molecule has 0 saturated carbocycles. The van der Waals surface area contributed by atoms with Gasteiger partial charge in [0.1, 0.15) is 0 Å². The van der Waals surface area contributed by atoms with E-state index in [-0.39, 0.29) is 12.0 Å². The highest BCUT2D eigenvalue weighted by Crippen LogP contribution is 2.38. The fraction of sp³-hybridized carbons (Fsp3) is 0.333. The highest BCUT2D eigenvalue weighted by atomic mass is 19.4. The first-order valence-corrected chi connectivity index (χ1v) is 5.29. The molecule has 1 aromatic carbocycles. The average molecular weight is 257 g/mol. The molecule has 2 amide bonds. The molecule has 1 unspecified atom stereocenters. The minimum absolute atomic E-state index is 0.132. The monoisotopic (exact) mass is 257 g/mol. The van der Waals surface area contributed by atoms with E-state index in [1.54, 1.807) is 0 Å². The summed E-state index contributed by atoms with van der Waals surface area (Å²) < 4.78 is 38.4. The van der Waals surface area contributed by atoms with E-state index in [1.165, 1.54) is 25.2 Å². The van der Waals surface area contributed by atoms with Gasteiger partial charge < -0.3 is 0 Å². The average Bonchev–Trinajstić information content (AvgIpc) is 2.56. The molecule has 1 aliphatic heterocycles. The first-order chi connectivity index (χ1) is 8.32. The first kappa shape index (κ1) is 12.6. The van der Waals surface area contributed by atoms with Gasteiger partial charge in [0, 0.05) is 13.5 Å². The Hall–Kier alpha value is -1.85. The van der Waals surface area contributed by atoms with E-state index >= 15 is 0 Å². The van der Waals surface area contributed by atoms with Gasteiger partial charge in [0.05, 0.1) is 11.5 Å². The lowest BCUT2D eigenvalue weighted by atomic mass is 9.92. The Morgan fingerprint density at radius 3 is 2.33 bits per heavy atom. The number of likely N-dealkylation sites (N-methyl/N-ethyl adjacent to an activating group) is 1. The second kappa shape index (κ2) is 4.12. The number of likely N-dealkylation sites (tertiary alicyclic amines) is 1. The van der Waals surface area contributed by atoms with Gasteiger partial charge in [-0.2, -0.15) is 13.2 Å². The van der Waals surface area contributed by atoms with Crippen LogP contribution in [0.25, 0.3) is 0 Å². The molecule has 1 atom stereocenters. The van der Waals surface area contributed by atoms with Crippen molar-refractivity contribution in [2.45, 2.75) is 18.5 Å². The van der Waals surface area contributed by atoms with E-state index in [4.69, 9.17) is 0 Å². The molecule has 0 aliphatic carbocycles. The molecule has 2 rings (SSSR count). The fourth-order valence-corrected chi connectivity index (χ4v) is 2.06. The smallest absolute Gasteiger partial charge is 0.285 e. The molecule has 0 radical (unpaired) electrons. The third-order valence-electron chi connectivity index (χ3n) is 3.02. The quantitative estimate of drug-likeness (QED) is 0.723. The third-order valence-corrected chi connectivity index (χ3v) is 3.02. The Bertz CT molecular complexity index is 510. The van der Waals surface area contributed by atoms with Gasteiger partial charge >= 0.3 is 6.18 Å². The van der Waals surface area contributed by atoms with Crippen molar-refractivity contribution in [3.8, 4) is 0 Å². The number of hydrogen-bond acceptors (Lipinski definition) is 2. The van der Waals surface area contributed by atoms with Crippen LogP contribution in [0, 0.1) is 0 Å². The maximum atomic E-state index is 12.8. The SMILES string of the molecule is CN1C(=O)CC(c2ccccc2C(F)(F)F)C1=O. The minimum atomic E-state index is -4.53. The summed E-state index contributed by atoms with van der Waals surface area (Å²) in [6.45, 7) is 0. The van der Waals surface area contributed by atoms with Crippen LogP contribution in [-0.4, -0.2) is 23.8 Å². The molecule has 6 heteroatoms. The number of halogens is 3. The van der Waals surface area contributed by atoms with Gasteiger partial charge in [-0.05, 0) is 11.6 Å². The molecule has 0 N–H and O–H groups in total. The molecule has 0 spiro atoms.